The average Bonchev–Trinajstić information content (AvgIpc) is 2.60. The van der Waals surface area contributed by atoms with Gasteiger partial charge >= 0.3 is 0 Å². The molecule has 5 nitrogen and oxygen atoms in total. The van der Waals surface area contributed by atoms with Crippen LogP contribution in [0.5, 0.6) is 0 Å². The Labute approximate surface area is 156 Å². The first kappa shape index (κ1) is 20.0. The molecular formula is C20H26N2O3S. The molecule has 0 heterocycles. The fraction of sp³-hybridized carbons (Fsp3) is 0.350. The standard InChI is InChI=1S/C20H26N2O3S/c1-17-10-12-19(13-11-17)22(26(2,24)25)16-14-20(23)21-15-6-9-18-7-4-3-5-8-18/h3-5,7-8,10-13H,6,9,14-16H2,1-2H3,(H,21,23). The van der Waals surface area contributed by atoms with Crippen molar-refractivity contribution in [3.05, 3.63) is 65.7 Å². The smallest absolute Gasteiger partial charge is 0.232 e. The second kappa shape index (κ2) is 9.38. The minimum atomic E-state index is -3.43. The van der Waals surface area contributed by atoms with Crippen LogP contribution in [0.3, 0.4) is 0 Å². The summed E-state index contributed by atoms with van der Waals surface area (Å²) in [6.45, 7) is 2.65. The topological polar surface area (TPSA) is 66.5 Å². The molecule has 26 heavy (non-hydrogen) atoms. The third-order valence-electron chi connectivity index (χ3n) is 4.07. The highest BCUT2D eigenvalue weighted by Crippen LogP contribution is 2.18. The molecular weight excluding hydrogens is 348 g/mol. The van der Waals surface area contributed by atoms with Gasteiger partial charge in [0.15, 0.2) is 0 Å². The van der Waals surface area contributed by atoms with Crippen LogP contribution in [0.15, 0.2) is 54.6 Å². The summed E-state index contributed by atoms with van der Waals surface area (Å²) >= 11 is 0. The number of nitrogens with one attached hydrogen (secondary N) is 1. The lowest BCUT2D eigenvalue weighted by atomic mass is 10.1. The molecule has 2 aromatic carbocycles. The normalized spacial score (nSPS) is 11.2. The molecule has 0 bridgehead atoms. The zero-order chi connectivity index (χ0) is 19.0. The van der Waals surface area contributed by atoms with Gasteiger partial charge < -0.3 is 5.32 Å². The number of rotatable bonds is 9. The maximum absolute atomic E-state index is 12.0. The van der Waals surface area contributed by atoms with Crippen molar-refractivity contribution in [2.24, 2.45) is 0 Å². The minimum Gasteiger partial charge on any atom is -0.356 e. The first-order valence-corrected chi connectivity index (χ1v) is 10.6. The molecule has 0 aliphatic heterocycles. The Bertz CT molecular complexity index is 803. The highest BCUT2D eigenvalue weighted by atomic mass is 32.2. The number of hydrogen-bond donors (Lipinski definition) is 1. The number of carbonyl (C=O) groups is 1. The molecule has 0 spiro atoms. The van der Waals surface area contributed by atoms with E-state index in [2.05, 4.69) is 17.4 Å². The van der Waals surface area contributed by atoms with Crippen molar-refractivity contribution in [2.75, 3.05) is 23.7 Å². The fourth-order valence-electron chi connectivity index (χ4n) is 2.65. The monoisotopic (exact) mass is 374 g/mol. The first-order chi connectivity index (χ1) is 12.4. The van der Waals surface area contributed by atoms with E-state index in [1.807, 2.05) is 37.3 Å². The third-order valence-corrected chi connectivity index (χ3v) is 5.27. The van der Waals surface area contributed by atoms with Gasteiger partial charge in [0.2, 0.25) is 15.9 Å². The van der Waals surface area contributed by atoms with E-state index in [-0.39, 0.29) is 18.9 Å². The van der Waals surface area contributed by atoms with Gasteiger partial charge in [0.25, 0.3) is 0 Å². The van der Waals surface area contributed by atoms with Crippen LogP contribution in [0.2, 0.25) is 0 Å². The van der Waals surface area contributed by atoms with Crippen LogP contribution in [0.25, 0.3) is 0 Å². The van der Waals surface area contributed by atoms with Gasteiger partial charge in [-0.15, -0.1) is 0 Å². The summed E-state index contributed by atoms with van der Waals surface area (Å²) in [4.78, 5) is 12.0. The lowest BCUT2D eigenvalue weighted by Gasteiger charge is -2.22. The van der Waals surface area contributed by atoms with Gasteiger partial charge in [-0.1, -0.05) is 48.0 Å². The van der Waals surface area contributed by atoms with Gasteiger partial charge in [0.05, 0.1) is 11.9 Å². The average molecular weight is 375 g/mol. The van der Waals surface area contributed by atoms with Crippen LogP contribution in [-0.2, 0) is 21.2 Å². The van der Waals surface area contributed by atoms with Crippen molar-refractivity contribution in [2.45, 2.75) is 26.2 Å². The van der Waals surface area contributed by atoms with E-state index in [4.69, 9.17) is 0 Å². The Morgan fingerprint density at radius 2 is 1.69 bits per heavy atom. The van der Waals surface area contributed by atoms with Gasteiger partial charge in [-0.25, -0.2) is 8.42 Å². The van der Waals surface area contributed by atoms with Crippen LogP contribution in [0.4, 0.5) is 5.69 Å². The summed E-state index contributed by atoms with van der Waals surface area (Å²) in [5.74, 6) is -0.140. The van der Waals surface area contributed by atoms with Gasteiger partial charge in [0, 0.05) is 19.5 Å². The predicted octanol–water partition coefficient (Wildman–Crippen LogP) is 2.90. The Balaban J connectivity index is 1.80. The molecule has 2 rings (SSSR count). The minimum absolute atomic E-state index is 0.131. The molecule has 0 unspecified atom stereocenters. The largest absolute Gasteiger partial charge is 0.356 e. The molecule has 0 radical (unpaired) electrons. The number of hydrogen-bond acceptors (Lipinski definition) is 3. The van der Waals surface area contributed by atoms with Crippen LogP contribution < -0.4 is 9.62 Å². The number of anilines is 1. The van der Waals surface area contributed by atoms with E-state index in [1.165, 1.54) is 9.87 Å². The number of carbonyl (C=O) groups excluding carboxylic acids is 1. The summed E-state index contributed by atoms with van der Waals surface area (Å²) < 4.78 is 25.4. The molecule has 0 aromatic heterocycles. The van der Waals surface area contributed by atoms with Crippen LogP contribution in [-0.4, -0.2) is 33.7 Å². The summed E-state index contributed by atoms with van der Waals surface area (Å²) in [5.41, 5.74) is 2.87. The maximum atomic E-state index is 12.0. The number of benzene rings is 2. The second-order valence-corrected chi connectivity index (χ2v) is 8.27. The van der Waals surface area contributed by atoms with Crippen molar-refractivity contribution in [1.82, 2.24) is 5.32 Å². The number of sulfonamides is 1. The molecule has 140 valence electrons. The van der Waals surface area contributed by atoms with Crippen molar-refractivity contribution in [3.63, 3.8) is 0 Å². The maximum Gasteiger partial charge on any atom is 0.232 e. The second-order valence-electron chi connectivity index (χ2n) is 6.36. The molecule has 2 aromatic rings. The third kappa shape index (κ3) is 6.52. The Morgan fingerprint density at radius 1 is 1.04 bits per heavy atom. The first-order valence-electron chi connectivity index (χ1n) is 8.71. The summed E-state index contributed by atoms with van der Waals surface area (Å²) in [6.07, 6.45) is 3.04. The summed E-state index contributed by atoms with van der Waals surface area (Å²) in [5, 5.41) is 2.86. The van der Waals surface area contributed by atoms with Gasteiger partial charge in [0.1, 0.15) is 0 Å². The zero-order valence-electron chi connectivity index (χ0n) is 15.3. The lowest BCUT2D eigenvalue weighted by Crippen LogP contribution is -2.35. The number of amides is 1. The Hall–Kier alpha value is -2.34. The van der Waals surface area contributed by atoms with Gasteiger partial charge in [-0.2, -0.15) is 0 Å². The van der Waals surface area contributed by atoms with Crippen molar-refractivity contribution in [3.8, 4) is 0 Å². The number of aryl methyl sites for hydroxylation is 2. The molecule has 1 N–H and O–H groups in total. The Morgan fingerprint density at radius 3 is 2.31 bits per heavy atom. The molecule has 6 heteroatoms. The molecule has 0 fully saturated rings. The highest BCUT2D eigenvalue weighted by molar-refractivity contribution is 7.92. The van der Waals surface area contributed by atoms with Crippen LogP contribution in [0.1, 0.15) is 24.0 Å². The van der Waals surface area contributed by atoms with E-state index in [0.717, 1.165) is 24.7 Å². The molecule has 0 atom stereocenters. The van der Waals surface area contributed by atoms with Crippen molar-refractivity contribution in [1.29, 1.82) is 0 Å². The fourth-order valence-corrected chi connectivity index (χ4v) is 3.58. The predicted molar refractivity (Wildman–Crippen MR) is 106 cm³/mol. The molecule has 0 aliphatic rings. The Kier molecular flexibility index (Phi) is 7.21. The molecule has 1 amide bonds. The lowest BCUT2D eigenvalue weighted by molar-refractivity contribution is -0.120. The van der Waals surface area contributed by atoms with Crippen molar-refractivity contribution >= 4 is 21.6 Å². The quantitative estimate of drug-likeness (QED) is 0.686. The summed E-state index contributed by atoms with van der Waals surface area (Å²) in [7, 11) is -3.43. The summed E-state index contributed by atoms with van der Waals surface area (Å²) in [6, 6.07) is 17.3. The van der Waals surface area contributed by atoms with E-state index in [9.17, 15) is 13.2 Å². The van der Waals surface area contributed by atoms with E-state index in [1.54, 1.807) is 12.1 Å². The van der Waals surface area contributed by atoms with Gasteiger partial charge in [-0.3, -0.25) is 9.10 Å². The van der Waals surface area contributed by atoms with Gasteiger partial charge in [-0.05, 0) is 37.5 Å². The zero-order valence-corrected chi connectivity index (χ0v) is 16.1. The molecule has 0 saturated heterocycles. The van der Waals surface area contributed by atoms with Crippen LogP contribution in [0, 0.1) is 6.92 Å². The highest BCUT2D eigenvalue weighted by Gasteiger charge is 2.18. The molecule has 0 aliphatic carbocycles. The van der Waals surface area contributed by atoms with E-state index >= 15 is 0 Å². The SMILES string of the molecule is Cc1ccc(N(CCC(=O)NCCCc2ccccc2)S(C)(=O)=O)cc1. The van der Waals surface area contributed by atoms with Crippen LogP contribution >= 0.6 is 0 Å². The van der Waals surface area contributed by atoms with Crippen molar-refractivity contribution < 1.29 is 13.2 Å². The van der Waals surface area contributed by atoms with E-state index < -0.39 is 10.0 Å². The van der Waals surface area contributed by atoms with E-state index in [0.29, 0.717) is 12.2 Å². The number of nitrogens with zero attached hydrogens (tertiary/aromatic N) is 1. The molecule has 0 saturated carbocycles.